The van der Waals surface area contributed by atoms with Crippen LogP contribution in [0.4, 0.5) is 0 Å². The van der Waals surface area contributed by atoms with Crippen LogP contribution >= 0.6 is 11.3 Å². The first-order valence-corrected chi connectivity index (χ1v) is 7.06. The third-order valence-corrected chi connectivity index (χ3v) is 3.96. The SMILES string of the molecule is [C-]#CCc1ccc(-c2nnc(-c3ccccc3)s2)cc1.[V]. The molecule has 21 heavy (non-hydrogen) atoms. The molecule has 0 aliphatic rings. The van der Waals surface area contributed by atoms with Crippen LogP contribution in [-0.2, 0) is 25.0 Å². The van der Waals surface area contributed by atoms with Crippen LogP contribution in [0.2, 0.25) is 0 Å². The van der Waals surface area contributed by atoms with Crippen LogP contribution in [0.25, 0.3) is 21.1 Å². The molecule has 0 atom stereocenters. The molecule has 0 amide bonds. The summed E-state index contributed by atoms with van der Waals surface area (Å²) in [7, 11) is 0. The molecule has 1 heterocycles. The Morgan fingerprint density at radius 2 is 1.43 bits per heavy atom. The molecular formula is C17H11N2SV-. The van der Waals surface area contributed by atoms with E-state index in [9.17, 15) is 0 Å². The Morgan fingerprint density at radius 1 is 0.857 bits per heavy atom. The monoisotopic (exact) mass is 326 g/mol. The van der Waals surface area contributed by atoms with Gasteiger partial charge in [0.25, 0.3) is 0 Å². The standard InChI is InChI=1S/C17H11N2S.V/c1-2-6-13-9-11-15(12-10-13)17-19-18-16(20-17)14-7-4-3-5-8-14;/h3-5,7-12H,6H2;/q-1;. The van der Waals surface area contributed by atoms with Crippen molar-refractivity contribution < 1.29 is 18.6 Å². The van der Waals surface area contributed by atoms with Crippen LogP contribution < -0.4 is 0 Å². The zero-order chi connectivity index (χ0) is 13.8. The van der Waals surface area contributed by atoms with E-state index in [2.05, 4.69) is 16.1 Å². The zero-order valence-corrected chi connectivity index (χ0v) is 13.4. The molecule has 0 saturated heterocycles. The topological polar surface area (TPSA) is 25.8 Å². The molecule has 3 rings (SSSR count). The van der Waals surface area contributed by atoms with Crippen LogP contribution in [0.1, 0.15) is 5.56 Å². The van der Waals surface area contributed by atoms with E-state index in [-0.39, 0.29) is 18.6 Å². The van der Waals surface area contributed by atoms with Gasteiger partial charge in [-0.1, -0.05) is 65.9 Å². The normalized spacial score (nSPS) is 9.67. The zero-order valence-electron chi connectivity index (χ0n) is 11.2. The summed E-state index contributed by atoms with van der Waals surface area (Å²) in [6.45, 7) is 0. The maximum Gasteiger partial charge on any atom is 0.148 e. The van der Waals surface area contributed by atoms with Crippen molar-refractivity contribution in [2.45, 2.75) is 6.42 Å². The molecule has 0 aliphatic carbocycles. The Labute approximate surface area is 140 Å². The minimum atomic E-state index is 0. The first kappa shape index (κ1) is 15.5. The van der Waals surface area contributed by atoms with Crippen LogP contribution in [0, 0.1) is 12.3 Å². The molecule has 2 nitrogen and oxygen atoms in total. The molecule has 2 aromatic carbocycles. The van der Waals surface area contributed by atoms with Crippen molar-refractivity contribution in [1.29, 1.82) is 0 Å². The largest absolute Gasteiger partial charge is 0.693 e. The van der Waals surface area contributed by atoms with Gasteiger partial charge in [0.1, 0.15) is 10.0 Å². The van der Waals surface area contributed by atoms with E-state index in [1.54, 1.807) is 11.3 Å². The van der Waals surface area contributed by atoms with Crippen molar-refractivity contribution in [2.75, 3.05) is 0 Å². The van der Waals surface area contributed by atoms with Crippen molar-refractivity contribution in [3.63, 3.8) is 0 Å². The molecule has 0 saturated carbocycles. The van der Waals surface area contributed by atoms with Gasteiger partial charge in [-0.25, -0.2) is 0 Å². The maximum atomic E-state index is 6.99. The van der Waals surface area contributed by atoms with Crippen LogP contribution in [0.15, 0.2) is 54.6 Å². The summed E-state index contributed by atoms with van der Waals surface area (Å²) in [5.41, 5.74) is 3.22. The van der Waals surface area contributed by atoms with Crippen molar-refractivity contribution in [3.8, 4) is 27.1 Å². The average molecular weight is 326 g/mol. The Morgan fingerprint density at radius 3 is 2.00 bits per heavy atom. The second-order valence-electron chi connectivity index (χ2n) is 4.33. The van der Waals surface area contributed by atoms with Gasteiger partial charge in [-0.15, -0.1) is 10.2 Å². The fourth-order valence-electron chi connectivity index (χ4n) is 1.90. The van der Waals surface area contributed by atoms with E-state index in [0.717, 1.165) is 26.7 Å². The predicted octanol–water partition coefficient (Wildman–Crippen LogP) is 4.00. The third-order valence-electron chi connectivity index (χ3n) is 2.94. The van der Waals surface area contributed by atoms with E-state index in [4.69, 9.17) is 6.42 Å². The van der Waals surface area contributed by atoms with Gasteiger partial charge in [0.15, 0.2) is 0 Å². The minimum absolute atomic E-state index is 0. The van der Waals surface area contributed by atoms with Gasteiger partial charge in [0, 0.05) is 29.7 Å². The number of benzene rings is 2. The van der Waals surface area contributed by atoms with Crippen LogP contribution in [-0.4, -0.2) is 10.2 Å². The molecule has 1 aromatic heterocycles. The summed E-state index contributed by atoms with van der Waals surface area (Å²) < 4.78 is 0. The van der Waals surface area contributed by atoms with Gasteiger partial charge < -0.3 is 12.3 Å². The van der Waals surface area contributed by atoms with Gasteiger partial charge in [-0.3, -0.25) is 0 Å². The molecule has 0 spiro atoms. The van der Waals surface area contributed by atoms with Crippen molar-refractivity contribution in [3.05, 3.63) is 66.6 Å². The third kappa shape index (κ3) is 3.62. The van der Waals surface area contributed by atoms with Crippen molar-refractivity contribution in [2.24, 2.45) is 0 Å². The maximum absolute atomic E-state index is 6.99. The molecule has 3 aromatic rings. The number of hydrogen-bond acceptors (Lipinski definition) is 3. The van der Waals surface area contributed by atoms with E-state index >= 15 is 0 Å². The predicted molar refractivity (Wildman–Crippen MR) is 81.6 cm³/mol. The molecule has 4 heteroatoms. The molecule has 0 unspecified atom stereocenters. The smallest absolute Gasteiger partial charge is 0.148 e. The first-order valence-electron chi connectivity index (χ1n) is 6.24. The summed E-state index contributed by atoms with van der Waals surface area (Å²) in [6, 6.07) is 18.1. The summed E-state index contributed by atoms with van der Waals surface area (Å²) in [6.07, 6.45) is 7.53. The van der Waals surface area contributed by atoms with Gasteiger partial charge in [-0.05, 0) is 12.0 Å². The molecule has 101 valence electrons. The van der Waals surface area contributed by atoms with Gasteiger partial charge in [0.2, 0.25) is 0 Å². The van der Waals surface area contributed by atoms with Crippen LogP contribution in [0.3, 0.4) is 0 Å². The van der Waals surface area contributed by atoms with Crippen LogP contribution in [0.5, 0.6) is 0 Å². The number of aromatic nitrogens is 2. The van der Waals surface area contributed by atoms with Gasteiger partial charge in [0.05, 0.1) is 0 Å². The van der Waals surface area contributed by atoms with E-state index in [1.165, 1.54) is 0 Å². The van der Waals surface area contributed by atoms with E-state index in [0.29, 0.717) is 6.42 Å². The molecule has 0 N–H and O–H groups in total. The number of hydrogen-bond donors (Lipinski definition) is 0. The van der Waals surface area contributed by atoms with E-state index in [1.807, 2.05) is 54.6 Å². The Balaban J connectivity index is 0.00000161. The average Bonchev–Trinajstić information content (AvgIpc) is 2.99. The first-order chi connectivity index (χ1) is 9.86. The van der Waals surface area contributed by atoms with E-state index < -0.39 is 0 Å². The molecular weight excluding hydrogens is 315 g/mol. The summed E-state index contributed by atoms with van der Waals surface area (Å²) in [5, 5.41) is 10.3. The molecule has 0 aliphatic heterocycles. The molecule has 1 radical (unpaired) electrons. The number of nitrogens with zero attached hydrogens (tertiary/aromatic N) is 2. The molecule has 0 fully saturated rings. The fraction of sp³-hybridized carbons (Fsp3) is 0.0588. The van der Waals surface area contributed by atoms with Crippen molar-refractivity contribution in [1.82, 2.24) is 10.2 Å². The summed E-state index contributed by atoms with van der Waals surface area (Å²) >= 11 is 1.58. The second kappa shape index (κ2) is 7.24. The van der Waals surface area contributed by atoms with Gasteiger partial charge in [-0.2, -0.15) is 0 Å². The quantitative estimate of drug-likeness (QED) is 0.537. The second-order valence-corrected chi connectivity index (χ2v) is 5.31. The Hall–Kier alpha value is -1.86. The Bertz CT molecular complexity index is 742. The van der Waals surface area contributed by atoms with Crippen molar-refractivity contribution >= 4 is 11.3 Å². The summed E-state index contributed by atoms with van der Waals surface area (Å²) in [4.78, 5) is 0. The Kier molecular flexibility index (Phi) is 5.35. The summed E-state index contributed by atoms with van der Waals surface area (Å²) in [5.74, 6) is 2.39. The van der Waals surface area contributed by atoms with Gasteiger partial charge >= 0.3 is 0 Å². The molecule has 0 bridgehead atoms. The minimum Gasteiger partial charge on any atom is -0.693 e. The number of rotatable bonds is 3. The fourth-order valence-corrected chi connectivity index (χ4v) is 2.76.